The van der Waals surface area contributed by atoms with E-state index in [9.17, 15) is 4.79 Å². The van der Waals surface area contributed by atoms with Gasteiger partial charge in [-0.15, -0.1) is 0 Å². The molecule has 138 valence electrons. The fourth-order valence-electron chi connectivity index (χ4n) is 3.08. The Bertz CT molecular complexity index is 1060. The Hall–Kier alpha value is -3.73. The molecule has 0 aliphatic rings. The van der Waals surface area contributed by atoms with Gasteiger partial charge in [-0.25, -0.2) is 4.98 Å². The first-order chi connectivity index (χ1) is 13.7. The van der Waals surface area contributed by atoms with Gasteiger partial charge in [-0.1, -0.05) is 42.5 Å². The maximum absolute atomic E-state index is 12.9. The van der Waals surface area contributed by atoms with Crippen molar-refractivity contribution < 1.29 is 9.53 Å². The van der Waals surface area contributed by atoms with Crippen LogP contribution in [0.3, 0.4) is 0 Å². The highest BCUT2D eigenvalue weighted by Gasteiger charge is 2.19. The lowest BCUT2D eigenvalue weighted by atomic mass is 10.0. The number of nitrogens with one attached hydrogen (secondary N) is 1. The lowest BCUT2D eigenvalue weighted by Gasteiger charge is -2.18. The summed E-state index contributed by atoms with van der Waals surface area (Å²) in [5.74, 6) is 0.503. The number of aromatic nitrogens is 2. The normalized spacial score (nSPS) is 11.8. The Kier molecular flexibility index (Phi) is 4.97. The van der Waals surface area contributed by atoms with Crippen molar-refractivity contribution in [2.75, 3.05) is 7.11 Å². The average molecular weight is 369 g/mol. The summed E-state index contributed by atoms with van der Waals surface area (Å²) in [7, 11) is 1.62. The molecular weight excluding hydrogens is 350 g/mol. The van der Waals surface area contributed by atoms with Gasteiger partial charge in [0.2, 0.25) is 0 Å². The summed E-state index contributed by atoms with van der Waals surface area (Å²) in [5.41, 5.74) is 2.82. The molecule has 2 heterocycles. The Labute approximate surface area is 163 Å². The van der Waals surface area contributed by atoms with E-state index < -0.39 is 0 Å². The van der Waals surface area contributed by atoms with Gasteiger partial charge in [0.25, 0.3) is 5.91 Å². The summed E-state index contributed by atoms with van der Waals surface area (Å²) in [6.45, 7) is 0. The average Bonchev–Trinajstić information content (AvgIpc) is 2.77. The highest BCUT2D eigenvalue weighted by atomic mass is 16.5. The molecule has 28 heavy (non-hydrogen) atoms. The number of benzene rings is 2. The van der Waals surface area contributed by atoms with Crippen LogP contribution in [0, 0.1) is 0 Å². The molecule has 0 bridgehead atoms. The SMILES string of the molecule is COc1ccc2nc(C(=O)N[C@H](c3ccccc3)c3ccccn3)ccc2c1. The van der Waals surface area contributed by atoms with E-state index in [1.807, 2.05) is 72.8 Å². The van der Waals surface area contributed by atoms with Gasteiger partial charge in [0.1, 0.15) is 11.4 Å². The fourth-order valence-corrected chi connectivity index (χ4v) is 3.08. The Morgan fingerprint density at radius 2 is 1.79 bits per heavy atom. The third-order valence-corrected chi connectivity index (χ3v) is 4.52. The van der Waals surface area contributed by atoms with Crippen LogP contribution in [0.15, 0.2) is 85.1 Å². The van der Waals surface area contributed by atoms with Gasteiger partial charge in [-0.2, -0.15) is 0 Å². The third kappa shape index (κ3) is 3.69. The molecule has 0 unspecified atom stereocenters. The molecule has 0 saturated carbocycles. The standard InChI is InChI=1S/C23H19N3O2/c1-28-18-11-13-19-17(15-18)10-12-21(25-19)23(27)26-22(16-7-3-2-4-8-16)20-9-5-6-14-24-20/h2-15,22H,1H3,(H,26,27)/t22-/m1/s1. The van der Waals surface area contributed by atoms with E-state index in [-0.39, 0.29) is 11.9 Å². The zero-order valence-corrected chi connectivity index (χ0v) is 15.4. The highest BCUT2D eigenvalue weighted by molar-refractivity contribution is 5.95. The molecule has 0 saturated heterocycles. The second-order valence-electron chi connectivity index (χ2n) is 6.33. The van der Waals surface area contributed by atoms with E-state index in [1.54, 1.807) is 19.4 Å². The minimum absolute atomic E-state index is 0.253. The van der Waals surface area contributed by atoms with Crippen LogP contribution in [0.2, 0.25) is 0 Å². The third-order valence-electron chi connectivity index (χ3n) is 4.52. The van der Waals surface area contributed by atoms with E-state index in [0.717, 1.165) is 27.9 Å². The number of hydrogen-bond donors (Lipinski definition) is 1. The molecule has 5 nitrogen and oxygen atoms in total. The number of amides is 1. The number of methoxy groups -OCH3 is 1. The largest absolute Gasteiger partial charge is 0.497 e. The molecule has 0 spiro atoms. The van der Waals surface area contributed by atoms with Crippen molar-refractivity contribution in [2.24, 2.45) is 0 Å². The molecule has 4 aromatic rings. The first kappa shape index (κ1) is 17.7. The molecule has 1 atom stereocenters. The summed E-state index contributed by atoms with van der Waals surface area (Å²) in [4.78, 5) is 21.9. The van der Waals surface area contributed by atoms with Crippen LogP contribution in [-0.2, 0) is 0 Å². The van der Waals surface area contributed by atoms with Crippen molar-refractivity contribution in [2.45, 2.75) is 6.04 Å². The summed E-state index contributed by atoms with van der Waals surface area (Å²) in [6.07, 6.45) is 1.72. The van der Waals surface area contributed by atoms with E-state index >= 15 is 0 Å². The number of carbonyl (C=O) groups is 1. The van der Waals surface area contributed by atoms with Crippen LogP contribution in [-0.4, -0.2) is 23.0 Å². The van der Waals surface area contributed by atoms with Crippen molar-refractivity contribution >= 4 is 16.8 Å². The highest BCUT2D eigenvalue weighted by Crippen LogP contribution is 2.22. The van der Waals surface area contributed by atoms with Crippen molar-refractivity contribution in [1.82, 2.24) is 15.3 Å². The molecule has 0 aliphatic carbocycles. The van der Waals surface area contributed by atoms with Gasteiger partial charge in [0.05, 0.1) is 24.4 Å². The van der Waals surface area contributed by atoms with Gasteiger partial charge in [0.15, 0.2) is 0 Å². The molecule has 0 aliphatic heterocycles. The summed E-state index contributed by atoms with van der Waals surface area (Å²) in [5, 5.41) is 3.98. The van der Waals surface area contributed by atoms with E-state index in [0.29, 0.717) is 5.69 Å². The van der Waals surface area contributed by atoms with Crippen molar-refractivity contribution in [1.29, 1.82) is 0 Å². The molecule has 2 aromatic carbocycles. The van der Waals surface area contributed by atoms with E-state index in [1.165, 1.54) is 0 Å². The molecule has 0 fully saturated rings. The van der Waals surface area contributed by atoms with E-state index in [2.05, 4.69) is 15.3 Å². The molecule has 4 rings (SSSR count). The van der Waals surface area contributed by atoms with Gasteiger partial charge >= 0.3 is 0 Å². The fraction of sp³-hybridized carbons (Fsp3) is 0.0870. The number of fused-ring (bicyclic) bond motifs is 1. The summed E-state index contributed by atoms with van der Waals surface area (Å²) < 4.78 is 5.24. The van der Waals surface area contributed by atoms with E-state index in [4.69, 9.17) is 4.74 Å². The van der Waals surface area contributed by atoms with Crippen LogP contribution in [0.4, 0.5) is 0 Å². The summed E-state index contributed by atoms with van der Waals surface area (Å²) in [6, 6.07) is 24.2. The first-order valence-electron chi connectivity index (χ1n) is 8.96. The second kappa shape index (κ2) is 7.88. The molecule has 1 N–H and O–H groups in total. The smallest absolute Gasteiger partial charge is 0.270 e. The minimum Gasteiger partial charge on any atom is -0.497 e. The predicted octanol–water partition coefficient (Wildman–Crippen LogP) is 4.16. The zero-order valence-electron chi connectivity index (χ0n) is 15.4. The van der Waals surface area contributed by atoms with Crippen LogP contribution < -0.4 is 10.1 Å². The lowest BCUT2D eigenvalue weighted by Crippen LogP contribution is -2.30. The van der Waals surface area contributed by atoms with Gasteiger partial charge in [0, 0.05) is 11.6 Å². The molecular formula is C23H19N3O2. The number of pyridine rings is 2. The Morgan fingerprint density at radius 3 is 2.54 bits per heavy atom. The topological polar surface area (TPSA) is 64.1 Å². The maximum atomic E-state index is 12.9. The predicted molar refractivity (Wildman–Crippen MR) is 108 cm³/mol. The number of carbonyl (C=O) groups excluding carboxylic acids is 1. The molecule has 5 heteroatoms. The second-order valence-corrected chi connectivity index (χ2v) is 6.33. The molecule has 2 aromatic heterocycles. The Balaban J connectivity index is 1.65. The zero-order chi connectivity index (χ0) is 19.3. The summed E-state index contributed by atoms with van der Waals surface area (Å²) >= 11 is 0. The number of rotatable bonds is 5. The van der Waals surface area contributed by atoms with Crippen LogP contribution in [0.1, 0.15) is 27.8 Å². The Morgan fingerprint density at radius 1 is 0.964 bits per heavy atom. The number of hydrogen-bond acceptors (Lipinski definition) is 4. The van der Waals surface area contributed by atoms with Crippen LogP contribution >= 0.6 is 0 Å². The van der Waals surface area contributed by atoms with Gasteiger partial charge in [-0.05, 0) is 42.0 Å². The lowest BCUT2D eigenvalue weighted by molar-refractivity contribution is 0.0937. The maximum Gasteiger partial charge on any atom is 0.270 e. The van der Waals surface area contributed by atoms with Crippen LogP contribution in [0.5, 0.6) is 5.75 Å². The quantitative estimate of drug-likeness (QED) is 0.574. The number of ether oxygens (including phenoxy) is 1. The van der Waals surface area contributed by atoms with Crippen molar-refractivity contribution in [3.05, 3.63) is 102 Å². The van der Waals surface area contributed by atoms with Crippen LogP contribution in [0.25, 0.3) is 10.9 Å². The first-order valence-corrected chi connectivity index (χ1v) is 8.96. The molecule has 1 amide bonds. The van der Waals surface area contributed by atoms with Gasteiger partial charge in [-0.3, -0.25) is 9.78 Å². The van der Waals surface area contributed by atoms with Crippen molar-refractivity contribution in [3.8, 4) is 5.75 Å². The van der Waals surface area contributed by atoms with Crippen molar-refractivity contribution in [3.63, 3.8) is 0 Å². The number of nitrogens with zero attached hydrogens (tertiary/aromatic N) is 2. The van der Waals surface area contributed by atoms with Gasteiger partial charge < -0.3 is 10.1 Å². The monoisotopic (exact) mass is 369 g/mol. The molecule has 0 radical (unpaired) electrons. The minimum atomic E-state index is -0.358.